The second kappa shape index (κ2) is 12.4. The zero-order chi connectivity index (χ0) is 17.2. The number of hydrogen-bond donors (Lipinski definition) is 2. The summed E-state index contributed by atoms with van der Waals surface area (Å²) in [5, 5.41) is 6.81. The van der Waals surface area contributed by atoms with Crippen molar-refractivity contribution in [3.63, 3.8) is 0 Å². The van der Waals surface area contributed by atoms with Crippen molar-refractivity contribution in [2.75, 3.05) is 44.8 Å². The highest BCUT2D eigenvalue weighted by Crippen LogP contribution is 2.16. The fourth-order valence-corrected chi connectivity index (χ4v) is 2.87. The van der Waals surface area contributed by atoms with Crippen molar-refractivity contribution in [1.29, 1.82) is 0 Å². The van der Waals surface area contributed by atoms with E-state index >= 15 is 0 Å². The summed E-state index contributed by atoms with van der Waals surface area (Å²) < 4.78 is 5.41. The molecule has 0 aromatic heterocycles. The largest absolute Gasteiger partial charge is 0.378 e. The Morgan fingerprint density at radius 1 is 1.12 bits per heavy atom. The van der Waals surface area contributed by atoms with Crippen LogP contribution in [0.5, 0.6) is 0 Å². The molecule has 0 amide bonds. The Balaban J connectivity index is 0.00000312. The lowest BCUT2D eigenvalue weighted by Gasteiger charge is -2.29. The molecule has 0 aliphatic carbocycles. The van der Waals surface area contributed by atoms with Gasteiger partial charge in [0.25, 0.3) is 0 Å². The zero-order valence-electron chi connectivity index (χ0n) is 15.8. The van der Waals surface area contributed by atoms with Crippen LogP contribution >= 0.6 is 24.0 Å². The lowest BCUT2D eigenvalue weighted by molar-refractivity contribution is 0.122. The highest BCUT2D eigenvalue weighted by atomic mass is 127. The Morgan fingerprint density at radius 3 is 2.32 bits per heavy atom. The van der Waals surface area contributed by atoms with Crippen LogP contribution < -0.4 is 15.5 Å². The summed E-state index contributed by atoms with van der Waals surface area (Å²) in [6.07, 6.45) is 2.40. The van der Waals surface area contributed by atoms with E-state index in [9.17, 15) is 0 Å². The van der Waals surface area contributed by atoms with Gasteiger partial charge in [-0.3, -0.25) is 4.99 Å². The van der Waals surface area contributed by atoms with Crippen molar-refractivity contribution in [2.24, 2.45) is 10.9 Å². The SMILES string of the molecule is CCC(CC)CNC(=NC)NCc1ccc(N2CCOCC2)cc1.I. The quantitative estimate of drug-likeness (QED) is 0.373. The van der Waals surface area contributed by atoms with Crippen molar-refractivity contribution >= 4 is 35.6 Å². The molecule has 142 valence electrons. The van der Waals surface area contributed by atoms with Crippen LogP contribution in [0.1, 0.15) is 32.3 Å². The third kappa shape index (κ3) is 7.40. The topological polar surface area (TPSA) is 48.9 Å². The van der Waals surface area contributed by atoms with Crippen molar-refractivity contribution in [1.82, 2.24) is 10.6 Å². The van der Waals surface area contributed by atoms with Crippen LogP contribution in [-0.4, -0.2) is 45.9 Å². The monoisotopic (exact) mass is 460 g/mol. The average Bonchev–Trinajstić information content (AvgIpc) is 2.66. The minimum Gasteiger partial charge on any atom is -0.378 e. The molecule has 0 unspecified atom stereocenters. The van der Waals surface area contributed by atoms with Gasteiger partial charge in [-0.1, -0.05) is 38.8 Å². The van der Waals surface area contributed by atoms with E-state index in [4.69, 9.17) is 4.74 Å². The lowest BCUT2D eigenvalue weighted by atomic mass is 10.0. The molecule has 5 nitrogen and oxygen atoms in total. The van der Waals surface area contributed by atoms with Gasteiger partial charge in [0.05, 0.1) is 13.2 Å². The molecule has 6 heteroatoms. The van der Waals surface area contributed by atoms with E-state index in [-0.39, 0.29) is 24.0 Å². The number of hydrogen-bond acceptors (Lipinski definition) is 3. The van der Waals surface area contributed by atoms with Gasteiger partial charge in [0.1, 0.15) is 0 Å². The van der Waals surface area contributed by atoms with E-state index in [1.165, 1.54) is 24.1 Å². The Morgan fingerprint density at radius 2 is 1.76 bits per heavy atom. The smallest absolute Gasteiger partial charge is 0.191 e. The number of nitrogens with zero attached hydrogens (tertiary/aromatic N) is 2. The Hall–Kier alpha value is -1.02. The molecule has 0 atom stereocenters. The van der Waals surface area contributed by atoms with E-state index in [1.54, 1.807) is 0 Å². The minimum absolute atomic E-state index is 0. The van der Waals surface area contributed by atoms with E-state index < -0.39 is 0 Å². The van der Waals surface area contributed by atoms with Crippen LogP contribution in [0.2, 0.25) is 0 Å². The molecule has 0 saturated carbocycles. The first-order chi connectivity index (χ1) is 11.8. The van der Waals surface area contributed by atoms with Crippen LogP contribution in [0, 0.1) is 5.92 Å². The third-order valence-corrected chi connectivity index (χ3v) is 4.71. The third-order valence-electron chi connectivity index (χ3n) is 4.71. The number of guanidine groups is 1. The first-order valence-corrected chi connectivity index (χ1v) is 9.13. The van der Waals surface area contributed by atoms with Gasteiger partial charge >= 0.3 is 0 Å². The zero-order valence-corrected chi connectivity index (χ0v) is 18.1. The number of morpholine rings is 1. The standard InChI is InChI=1S/C19H32N4O.HI/c1-4-16(5-2)14-21-19(20-3)22-15-17-6-8-18(9-7-17)23-10-12-24-13-11-23;/h6-9,16H,4-5,10-15H2,1-3H3,(H2,20,21,22);1H. The summed E-state index contributed by atoms with van der Waals surface area (Å²) >= 11 is 0. The molecule has 0 radical (unpaired) electrons. The summed E-state index contributed by atoms with van der Waals surface area (Å²) in [5.41, 5.74) is 2.54. The first-order valence-electron chi connectivity index (χ1n) is 9.13. The molecular weight excluding hydrogens is 427 g/mol. The molecule has 1 aliphatic heterocycles. The molecule has 2 N–H and O–H groups in total. The number of anilines is 1. The molecule has 1 aromatic carbocycles. The Bertz CT molecular complexity index is 497. The summed E-state index contributed by atoms with van der Waals surface area (Å²) in [5.74, 6) is 1.58. The summed E-state index contributed by atoms with van der Waals surface area (Å²) in [7, 11) is 1.82. The van der Waals surface area contributed by atoms with Crippen molar-refractivity contribution in [2.45, 2.75) is 33.2 Å². The van der Waals surface area contributed by atoms with Crippen molar-refractivity contribution in [3.8, 4) is 0 Å². The van der Waals surface area contributed by atoms with Crippen LogP contribution in [0.3, 0.4) is 0 Å². The highest BCUT2D eigenvalue weighted by molar-refractivity contribution is 14.0. The second-order valence-corrected chi connectivity index (χ2v) is 6.26. The van der Waals surface area contributed by atoms with Crippen LogP contribution in [0.15, 0.2) is 29.3 Å². The van der Waals surface area contributed by atoms with Gasteiger partial charge in [0, 0.05) is 38.9 Å². The first kappa shape index (κ1) is 22.0. The normalized spacial score (nSPS) is 15.0. The van der Waals surface area contributed by atoms with E-state index in [1.807, 2.05) is 7.05 Å². The fraction of sp³-hybridized carbons (Fsp3) is 0.632. The average molecular weight is 460 g/mol. The van der Waals surface area contributed by atoms with Gasteiger partial charge in [-0.15, -0.1) is 24.0 Å². The highest BCUT2D eigenvalue weighted by Gasteiger charge is 2.10. The number of aliphatic imine (C=N–C) groups is 1. The van der Waals surface area contributed by atoms with Crippen molar-refractivity contribution in [3.05, 3.63) is 29.8 Å². The minimum atomic E-state index is 0. The molecule has 1 saturated heterocycles. The van der Waals surface area contributed by atoms with Gasteiger partial charge in [-0.2, -0.15) is 0 Å². The van der Waals surface area contributed by atoms with Crippen molar-refractivity contribution < 1.29 is 4.74 Å². The number of halogens is 1. The van der Waals surface area contributed by atoms with Gasteiger partial charge in [0.15, 0.2) is 5.96 Å². The summed E-state index contributed by atoms with van der Waals surface area (Å²) in [4.78, 5) is 6.68. The van der Waals surface area contributed by atoms with E-state index in [0.29, 0.717) is 5.92 Å². The van der Waals surface area contributed by atoms with Gasteiger partial charge in [-0.25, -0.2) is 0 Å². The molecule has 2 rings (SSSR count). The number of benzene rings is 1. The maximum Gasteiger partial charge on any atom is 0.191 e. The number of ether oxygens (including phenoxy) is 1. The Kier molecular flexibility index (Phi) is 10.9. The molecule has 1 aromatic rings. The maximum absolute atomic E-state index is 5.41. The lowest BCUT2D eigenvalue weighted by Crippen LogP contribution is -2.39. The fourth-order valence-electron chi connectivity index (χ4n) is 2.87. The van der Waals surface area contributed by atoms with Gasteiger partial charge < -0.3 is 20.3 Å². The predicted molar refractivity (Wildman–Crippen MR) is 117 cm³/mol. The number of nitrogens with one attached hydrogen (secondary N) is 2. The van der Waals surface area contributed by atoms with Crippen LogP contribution in [0.4, 0.5) is 5.69 Å². The van der Waals surface area contributed by atoms with E-state index in [0.717, 1.165) is 45.4 Å². The molecule has 25 heavy (non-hydrogen) atoms. The van der Waals surface area contributed by atoms with E-state index in [2.05, 4.69) is 58.6 Å². The molecule has 0 bridgehead atoms. The van der Waals surface area contributed by atoms with Gasteiger partial charge in [0.2, 0.25) is 0 Å². The number of rotatable bonds is 7. The second-order valence-electron chi connectivity index (χ2n) is 6.26. The molecule has 1 aliphatic rings. The summed E-state index contributed by atoms with van der Waals surface area (Å²) in [6.45, 7) is 9.83. The maximum atomic E-state index is 5.41. The summed E-state index contributed by atoms with van der Waals surface area (Å²) in [6, 6.07) is 8.77. The predicted octanol–water partition coefficient (Wildman–Crippen LogP) is 3.24. The Labute approximate surface area is 169 Å². The molecule has 1 heterocycles. The molecule has 0 spiro atoms. The molecule has 1 fully saturated rings. The van der Waals surface area contributed by atoms with Gasteiger partial charge in [-0.05, 0) is 23.6 Å². The van der Waals surface area contributed by atoms with Crippen LogP contribution in [-0.2, 0) is 11.3 Å². The van der Waals surface area contributed by atoms with Crippen LogP contribution in [0.25, 0.3) is 0 Å². The molecular formula is C19H33IN4O.